The van der Waals surface area contributed by atoms with Crippen LogP contribution in [-0.4, -0.2) is 36.0 Å². The number of hydrogen-bond donors (Lipinski definition) is 1. The predicted octanol–water partition coefficient (Wildman–Crippen LogP) is 2.67. The van der Waals surface area contributed by atoms with E-state index in [0.717, 1.165) is 19.5 Å². The minimum Gasteiger partial charge on any atom is -0.338 e. The molecule has 1 aromatic carbocycles. The normalized spacial score (nSPS) is 21.5. The molecule has 1 aliphatic carbocycles. The minimum absolute atomic E-state index is 0.342. The van der Waals surface area contributed by atoms with Gasteiger partial charge in [0.05, 0.1) is 0 Å². The molecule has 1 aliphatic heterocycles. The van der Waals surface area contributed by atoms with Crippen LogP contribution in [0.2, 0.25) is 0 Å². The fraction of sp³-hybridized carbons (Fsp3) is 0.611. The van der Waals surface area contributed by atoms with Gasteiger partial charge in [0.2, 0.25) is 5.91 Å². The molecule has 21 heavy (non-hydrogen) atoms. The molecule has 3 nitrogen and oxygen atoms in total. The van der Waals surface area contributed by atoms with Crippen LogP contribution >= 0.6 is 0 Å². The highest BCUT2D eigenvalue weighted by molar-refractivity contribution is 5.77. The summed E-state index contributed by atoms with van der Waals surface area (Å²) in [5.41, 5.74) is 2.60. The van der Waals surface area contributed by atoms with E-state index in [2.05, 4.69) is 41.4 Å². The van der Waals surface area contributed by atoms with Gasteiger partial charge in [-0.2, -0.15) is 0 Å². The summed E-state index contributed by atoms with van der Waals surface area (Å²) in [5, 5.41) is 3.51. The second-order valence-corrected chi connectivity index (χ2v) is 6.50. The van der Waals surface area contributed by atoms with Gasteiger partial charge in [0, 0.05) is 25.0 Å². The van der Waals surface area contributed by atoms with E-state index in [1.165, 1.54) is 36.8 Å². The van der Waals surface area contributed by atoms with Gasteiger partial charge in [-0.15, -0.1) is 0 Å². The topological polar surface area (TPSA) is 32.3 Å². The van der Waals surface area contributed by atoms with Crippen LogP contribution in [0.15, 0.2) is 24.3 Å². The third-order valence-electron chi connectivity index (χ3n) is 4.76. The molecule has 1 N–H and O–H groups in total. The lowest BCUT2D eigenvalue weighted by Gasteiger charge is -2.26. The van der Waals surface area contributed by atoms with Crippen molar-refractivity contribution in [3.63, 3.8) is 0 Å². The third kappa shape index (κ3) is 3.85. The monoisotopic (exact) mass is 286 g/mol. The molecule has 0 spiro atoms. The van der Waals surface area contributed by atoms with Gasteiger partial charge in [-0.3, -0.25) is 4.79 Å². The molecule has 1 amide bonds. The summed E-state index contributed by atoms with van der Waals surface area (Å²) in [5.74, 6) is 0.342. The van der Waals surface area contributed by atoms with Crippen molar-refractivity contribution in [2.24, 2.45) is 0 Å². The van der Waals surface area contributed by atoms with Gasteiger partial charge in [0.15, 0.2) is 0 Å². The number of carbonyl (C=O) groups excluding carboxylic acids is 1. The number of nitrogens with zero attached hydrogens (tertiary/aromatic N) is 1. The Hall–Kier alpha value is -1.35. The lowest BCUT2D eigenvalue weighted by molar-refractivity contribution is -0.132. The number of carbonyl (C=O) groups is 1. The number of benzene rings is 1. The van der Waals surface area contributed by atoms with E-state index < -0.39 is 0 Å². The lowest BCUT2D eigenvalue weighted by atomic mass is 10.0. The second-order valence-electron chi connectivity index (χ2n) is 6.50. The summed E-state index contributed by atoms with van der Waals surface area (Å²) in [4.78, 5) is 14.7. The van der Waals surface area contributed by atoms with Crippen molar-refractivity contribution in [1.82, 2.24) is 10.2 Å². The summed E-state index contributed by atoms with van der Waals surface area (Å²) in [6.07, 6.45) is 6.38. The van der Waals surface area contributed by atoms with Crippen molar-refractivity contribution in [3.8, 4) is 0 Å². The van der Waals surface area contributed by atoms with Crippen molar-refractivity contribution in [3.05, 3.63) is 35.4 Å². The molecule has 2 fully saturated rings. The number of amides is 1. The van der Waals surface area contributed by atoms with Crippen LogP contribution in [0.1, 0.15) is 43.2 Å². The SMILES string of the molecule is Cc1ccccc1CCC(=O)N(CC1CCCN1)C1CC1. The van der Waals surface area contributed by atoms with E-state index >= 15 is 0 Å². The van der Waals surface area contributed by atoms with Crippen LogP contribution in [-0.2, 0) is 11.2 Å². The summed E-state index contributed by atoms with van der Waals surface area (Å²) in [6, 6.07) is 9.44. The molecule has 0 aromatic heterocycles. The standard InChI is InChI=1S/C18H26N2O/c1-14-5-2-3-6-15(14)8-11-18(21)20(17-9-10-17)13-16-7-4-12-19-16/h2-3,5-6,16-17,19H,4,7-13H2,1H3. The van der Waals surface area contributed by atoms with E-state index in [1.54, 1.807) is 0 Å². The van der Waals surface area contributed by atoms with Crippen molar-refractivity contribution in [1.29, 1.82) is 0 Å². The molecule has 1 heterocycles. The molecule has 2 aliphatic rings. The highest BCUT2D eigenvalue weighted by Crippen LogP contribution is 2.28. The van der Waals surface area contributed by atoms with Gasteiger partial charge in [0.25, 0.3) is 0 Å². The summed E-state index contributed by atoms with van der Waals surface area (Å²) in [7, 11) is 0. The number of aryl methyl sites for hydroxylation is 2. The maximum absolute atomic E-state index is 12.6. The predicted molar refractivity (Wildman–Crippen MR) is 85.3 cm³/mol. The van der Waals surface area contributed by atoms with Crippen LogP contribution in [0, 0.1) is 6.92 Å². The Morgan fingerprint density at radius 2 is 2.10 bits per heavy atom. The van der Waals surface area contributed by atoms with Crippen molar-refractivity contribution in [2.75, 3.05) is 13.1 Å². The number of rotatable bonds is 6. The Balaban J connectivity index is 1.55. The van der Waals surface area contributed by atoms with E-state index in [-0.39, 0.29) is 0 Å². The first-order valence-electron chi connectivity index (χ1n) is 8.31. The van der Waals surface area contributed by atoms with Gasteiger partial charge in [-0.1, -0.05) is 24.3 Å². The van der Waals surface area contributed by atoms with Gasteiger partial charge >= 0.3 is 0 Å². The molecule has 1 aromatic rings. The third-order valence-corrected chi connectivity index (χ3v) is 4.76. The van der Waals surface area contributed by atoms with Crippen LogP contribution in [0.4, 0.5) is 0 Å². The van der Waals surface area contributed by atoms with Gasteiger partial charge in [-0.25, -0.2) is 0 Å². The van der Waals surface area contributed by atoms with E-state index in [1.807, 2.05) is 0 Å². The first kappa shape index (κ1) is 14.6. The molecule has 3 heteroatoms. The highest BCUT2D eigenvalue weighted by Gasteiger charge is 2.34. The van der Waals surface area contributed by atoms with Crippen molar-refractivity contribution < 1.29 is 4.79 Å². The maximum Gasteiger partial charge on any atom is 0.223 e. The molecule has 1 unspecified atom stereocenters. The summed E-state index contributed by atoms with van der Waals surface area (Å²) in [6.45, 7) is 4.15. The van der Waals surface area contributed by atoms with Gasteiger partial charge in [-0.05, 0) is 56.7 Å². The quantitative estimate of drug-likeness (QED) is 0.872. The average Bonchev–Trinajstić information content (AvgIpc) is 3.20. The Morgan fingerprint density at radius 3 is 2.76 bits per heavy atom. The Bertz CT molecular complexity index is 490. The summed E-state index contributed by atoms with van der Waals surface area (Å²) < 4.78 is 0. The lowest BCUT2D eigenvalue weighted by Crippen LogP contribution is -2.42. The maximum atomic E-state index is 12.6. The number of hydrogen-bond acceptors (Lipinski definition) is 2. The minimum atomic E-state index is 0.342. The summed E-state index contributed by atoms with van der Waals surface area (Å²) >= 11 is 0. The van der Waals surface area contributed by atoms with Gasteiger partial charge in [0.1, 0.15) is 0 Å². The Kier molecular flexibility index (Phi) is 4.59. The van der Waals surface area contributed by atoms with Crippen LogP contribution < -0.4 is 5.32 Å². The molecule has 0 radical (unpaired) electrons. The average molecular weight is 286 g/mol. The van der Waals surface area contributed by atoms with Crippen LogP contribution in [0.3, 0.4) is 0 Å². The molecular weight excluding hydrogens is 260 g/mol. The van der Waals surface area contributed by atoms with Crippen LogP contribution in [0.5, 0.6) is 0 Å². The fourth-order valence-electron chi connectivity index (χ4n) is 3.27. The Morgan fingerprint density at radius 1 is 1.29 bits per heavy atom. The molecular formula is C18H26N2O. The molecule has 1 saturated carbocycles. The molecule has 3 rings (SSSR count). The zero-order valence-electron chi connectivity index (χ0n) is 13.0. The van der Waals surface area contributed by atoms with Gasteiger partial charge < -0.3 is 10.2 Å². The molecule has 1 atom stereocenters. The largest absolute Gasteiger partial charge is 0.338 e. The Labute approximate surface area is 127 Å². The molecule has 1 saturated heterocycles. The van der Waals surface area contributed by atoms with E-state index in [9.17, 15) is 4.79 Å². The van der Waals surface area contributed by atoms with Crippen molar-refractivity contribution in [2.45, 2.75) is 57.5 Å². The molecule has 114 valence electrons. The van der Waals surface area contributed by atoms with E-state index in [4.69, 9.17) is 0 Å². The highest BCUT2D eigenvalue weighted by atomic mass is 16.2. The zero-order chi connectivity index (χ0) is 14.7. The molecule has 0 bridgehead atoms. The second kappa shape index (κ2) is 6.61. The zero-order valence-corrected chi connectivity index (χ0v) is 13.0. The number of nitrogens with one attached hydrogen (secondary N) is 1. The first-order valence-corrected chi connectivity index (χ1v) is 8.31. The fourth-order valence-corrected chi connectivity index (χ4v) is 3.27. The first-order chi connectivity index (χ1) is 10.2. The van der Waals surface area contributed by atoms with E-state index in [0.29, 0.717) is 24.4 Å². The van der Waals surface area contributed by atoms with Crippen LogP contribution in [0.25, 0.3) is 0 Å². The smallest absolute Gasteiger partial charge is 0.223 e. The van der Waals surface area contributed by atoms with Crippen molar-refractivity contribution >= 4 is 5.91 Å².